The SMILES string of the molecule is C/C(=C\C[Si](C)(C)C)C(C)CCCC=O. The standard InChI is InChI=1S/C13H26OSi/c1-12(8-6-7-10-14)13(2)9-11-15(3,4)5/h9-10,12H,6-8,11H2,1-5H3/b13-9+. The minimum atomic E-state index is -0.937. The van der Waals surface area contributed by atoms with Crippen molar-refractivity contribution in [3.05, 3.63) is 11.6 Å². The van der Waals surface area contributed by atoms with Gasteiger partial charge in [-0.1, -0.05) is 38.2 Å². The Hall–Kier alpha value is -0.373. The van der Waals surface area contributed by atoms with Gasteiger partial charge < -0.3 is 4.79 Å². The van der Waals surface area contributed by atoms with Crippen molar-refractivity contribution >= 4 is 14.4 Å². The summed E-state index contributed by atoms with van der Waals surface area (Å²) in [6.45, 7) is 11.7. The fraction of sp³-hybridized carbons (Fsp3) is 0.769. The van der Waals surface area contributed by atoms with Gasteiger partial charge in [0.05, 0.1) is 0 Å². The van der Waals surface area contributed by atoms with Crippen LogP contribution in [0.1, 0.15) is 33.1 Å². The van der Waals surface area contributed by atoms with Crippen molar-refractivity contribution in [2.24, 2.45) is 5.92 Å². The molecular weight excluding hydrogens is 200 g/mol. The maximum atomic E-state index is 10.2. The summed E-state index contributed by atoms with van der Waals surface area (Å²) in [5.41, 5.74) is 1.50. The fourth-order valence-corrected chi connectivity index (χ4v) is 2.34. The van der Waals surface area contributed by atoms with Gasteiger partial charge in [0, 0.05) is 14.5 Å². The smallest absolute Gasteiger partial charge is 0.119 e. The van der Waals surface area contributed by atoms with E-state index in [0.29, 0.717) is 12.3 Å². The highest BCUT2D eigenvalue weighted by molar-refractivity contribution is 6.76. The number of hydrogen-bond donors (Lipinski definition) is 0. The molecule has 15 heavy (non-hydrogen) atoms. The van der Waals surface area contributed by atoms with E-state index in [4.69, 9.17) is 0 Å². The Kier molecular flexibility index (Phi) is 6.82. The topological polar surface area (TPSA) is 17.1 Å². The molecule has 88 valence electrons. The second-order valence-electron chi connectivity index (χ2n) is 5.71. The van der Waals surface area contributed by atoms with E-state index in [2.05, 4.69) is 39.6 Å². The molecule has 0 rings (SSSR count). The van der Waals surface area contributed by atoms with Crippen molar-refractivity contribution in [1.82, 2.24) is 0 Å². The van der Waals surface area contributed by atoms with Crippen molar-refractivity contribution < 1.29 is 4.79 Å². The highest BCUT2D eigenvalue weighted by Crippen LogP contribution is 2.19. The van der Waals surface area contributed by atoms with E-state index in [1.807, 2.05) is 0 Å². The summed E-state index contributed by atoms with van der Waals surface area (Å²) in [4.78, 5) is 10.2. The maximum Gasteiger partial charge on any atom is 0.119 e. The first-order chi connectivity index (χ1) is 6.87. The van der Waals surface area contributed by atoms with Gasteiger partial charge in [-0.2, -0.15) is 0 Å². The van der Waals surface area contributed by atoms with Gasteiger partial charge in [0.15, 0.2) is 0 Å². The molecule has 0 aliphatic rings. The molecule has 0 amide bonds. The highest BCUT2D eigenvalue weighted by Gasteiger charge is 2.11. The molecule has 0 saturated heterocycles. The van der Waals surface area contributed by atoms with Gasteiger partial charge >= 0.3 is 0 Å². The lowest BCUT2D eigenvalue weighted by Crippen LogP contribution is -2.17. The summed E-state index contributed by atoms with van der Waals surface area (Å²) in [7, 11) is -0.937. The van der Waals surface area contributed by atoms with Gasteiger partial charge in [0.25, 0.3) is 0 Å². The van der Waals surface area contributed by atoms with Gasteiger partial charge in [-0.15, -0.1) is 0 Å². The van der Waals surface area contributed by atoms with Crippen molar-refractivity contribution in [3.8, 4) is 0 Å². The Labute approximate surface area is 96.0 Å². The molecule has 0 saturated carbocycles. The lowest BCUT2D eigenvalue weighted by molar-refractivity contribution is -0.107. The molecule has 2 heteroatoms. The summed E-state index contributed by atoms with van der Waals surface area (Å²) in [5, 5.41) is 0. The molecule has 0 heterocycles. The van der Waals surface area contributed by atoms with Crippen LogP contribution in [0.25, 0.3) is 0 Å². The number of aldehydes is 1. The van der Waals surface area contributed by atoms with Crippen LogP contribution in [0.5, 0.6) is 0 Å². The van der Waals surface area contributed by atoms with Crippen molar-refractivity contribution in [2.45, 2.75) is 58.8 Å². The maximum absolute atomic E-state index is 10.2. The van der Waals surface area contributed by atoms with Crippen LogP contribution in [0, 0.1) is 5.92 Å². The quantitative estimate of drug-likeness (QED) is 0.274. The molecule has 0 aliphatic carbocycles. The van der Waals surface area contributed by atoms with Gasteiger partial charge in [-0.05, 0) is 31.7 Å². The Morgan fingerprint density at radius 1 is 1.33 bits per heavy atom. The number of hydrogen-bond acceptors (Lipinski definition) is 1. The Morgan fingerprint density at radius 2 is 1.93 bits per heavy atom. The predicted molar refractivity (Wildman–Crippen MR) is 71.0 cm³/mol. The van der Waals surface area contributed by atoms with Crippen molar-refractivity contribution in [2.75, 3.05) is 0 Å². The Balaban J connectivity index is 3.96. The summed E-state index contributed by atoms with van der Waals surface area (Å²) < 4.78 is 0. The van der Waals surface area contributed by atoms with Crippen LogP contribution < -0.4 is 0 Å². The average molecular weight is 226 g/mol. The zero-order valence-corrected chi connectivity index (χ0v) is 12.0. The summed E-state index contributed by atoms with van der Waals surface area (Å²) in [5.74, 6) is 0.640. The first kappa shape index (κ1) is 14.6. The molecule has 0 aromatic heterocycles. The first-order valence-electron chi connectivity index (χ1n) is 5.97. The third-order valence-electron chi connectivity index (χ3n) is 2.77. The fourth-order valence-electron chi connectivity index (χ4n) is 1.40. The second-order valence-corrected chi connectivity index (χ2v) is 11.2. The third-order valence-corrected chi connectivity index (χ3v) is 4.20. The molecule has 0 radical (unpaired) electrons. The monoisotopic (exact) mass is 226 g/mol. The van der Waals surface area contributed by atoms with E-state index in [-0.39, 0.29) is 0 Å². The summed E-state index contributed by atoms with van der Waals surface area (Å²) in [6, 6.07) is 1.27. The molecule has 1 unspecified atom stereocenters. The average Bonchev–Trinajstić information content (AvgIpc) is 2.13. The molecule has 0 N–H and O–H groups in total. The van der Waals surface area contributed by atoms with E-state index in [0.717, 1.165) is 19.1 Å². The molecule has 1 atom stereocenters. The van der Waals surface area contributed by atoms with Crippen LogP contribution in [-0.2, 0) is 4.79 Å². The van der Waals surface area contributed by atoms with E-state index in [9.17, 15) is 4.79 Å². The normalized spacial score (nSPS) is 15.1. The van der Waals surface area contributed by atoms with Crippen LogP contribution in [0.4, 0.5) is 0 Å². The molecule has 0 spiro atoms. The minimum absolute atomic E-state index is 0.640. The van der Waals surface area contributed by atoms with Gasteiger partial charge in [-0.3, -0.25) is 0 Å². The first-order valence-corrected chi connectivity index (χ1v) is 9.68. The molecule has 0 aromatic carbocycles. The molecule has 0 fully saturated rings. The van der Waals surface area contributed by atoms with Crippen LogP contribution in [-0.4, -0.2) is 14.4 Å². The molecule has 1 nitrogen and oxygen atoms in total. The van der Waals surface area contributed by atoms with Gasteiger partial charge in [-0.25, -0.2) is 0 Å². The molecular formula is C13H26OSi. The number of allylic oxidation sites excluding steroid dienone is 2. The number of carbonyl (C=O) groups is 1. The summed E-state index contributed by atoms with van der Waals surface area (Å²) >= 11 is 0. The van der Waals surface area contributed by atoms with E-state index in [1.165, 1.54) is 11.6 Å². The van der Waals surface area contributed by atoms with Gasteiger partial charge in [0.1, 0.15) is 6.29 Å². The predicted octanol–water partition coefficient (Wildman–Crippen LogP) is 4.28. The largest absolute Gasteiger partial charge is 0.303 e. The lowest BCUT2D eigenvalue weighted by atomic mass is 9.96. The van der Waals surface area contributed by atoms with Crippen molar-refractivity contribution in [3.63, 3.8) is 0 Å². The molecule has 0 bridgehead atoms. The van der Waals surface area contributed by atoms with Crippen LogP contribution in [0.15, 0.2) is 11.6 Å². The number of rotatable bonds is 7. The highest BCUT2D eigenvalue weighted by atomic mass is 28.3. The third kappa shape index (κ3) is 8.61. The van der Waals surface area contributed by atoms with E-state index < -0.39 is 8.07 Å². The minimum Gasteiger partial charge on any atom is -0.303 e. The Bertz CT molecular complexity index is 213. The molecule has 0 aromatic rings. The van der Waals surface area contributed by atoms with E-state index in [1.54, 1.807) is 0 Å². The molecule has 0 aliphatic heterocycles. The van der Waals surface area contributed by atoms with E-state index >= 15 is 0 Å². The number of unbranched alkanes of at least 4 members (excludes halogenated alkanes) is 1. The van der Waals surface area contributed by atoms with Gasteiger partial charge in [0.2, 0.25) is 0 Å². The van der Waals surface area contributed by atoms with Crippen molar-refractivity contribution in [1.29, 1.82) is 0 Å². The van der Waals surface area contributed by atoms with Crippen LogP contribution in [0.3, 0.4) is 0 Å². The van der Waals surface area contributed by atoms with Crippen LogP contribution in [0.2, 0.25) is 25.7 Å². The number of carbonyl (C=O) groups excluding carboxylic acids is 1. The van der Waals surface area contributed by atoms with Crippen LogP contribution >= 0.6 is 0 Å². The second kappa shape index (κ2) is 6.99. The lowest BCUT2D eigenvalue weighted by Gasteiger charge is -2.16. The Morgan fingerprint density at radius 3 is 2.40 bits per heavy atom. The summed E-state index contributed by atoms with van der Waals surface area (Å²) in [6.07, 6.45) is 6.33. The zero-order chi connectivity index (χ0) is 11.9. The zero-order valence-electron chi connectivity index (χ0n) is 11.0.